The number of benzene rings is 1. The summed E-state index contributed by atoms with van der Waals surface area (Å²) in [5, 5.41) is 0. The molecule has 0 aromatic heterocycles. The first-order valence-corrected chi connectivity index (χ1v) is 8.01. The molecule has 0 saturated heterocycles. The van der Waals surface area contributed by atoms with Crippen LogP contribution in [-0.2, 0) is 14.9 Å². The van der Waals surface area contributed by atoms with E-state index in [-0.39, 0.29) is 11.8 Å². The van der Waals surface area contributed by atoms with Crippen molar-refractivity contribution >= 4 is 16.1 Å². The Hall–Kier alpha value is -1.40. The molecule has 5 nitrogen and oxygen atoms in total. The minimum atomic E-state index is -4.38. The summed E-state index contributed by atoms with van der Waals surface area (Å²) in [6.07, 6.45) is 0. The van der Waals surface area contributed by atoms with E-state index in [1.807, 2.05) is 45.9 Å². The number of rotatable bonds is 5. The van der Waals surface area contributed by atoms with Crippen molar-refractivity contribution in [2.75, 3.05) is 5.75 Å². The van der Waals surface area contributed by atoms with Crippen LogP contribution in [0.5, 0.6) is 5.75 Å². The van der Waals surface area contributed by atoms with E-state index in [4.69, 9.17) is 9.29 Å². The first-order chi connectivity index (χ1) is 9.11. The molecule has 0 amide bonds. The first kappa shape index (κ1) is 16.7. The van der Waals surface area contributed by atoms with Gasteiger partial charge in [0, 0.05) is 0 Å². The molecule has 1 rings (SSSR count). The van der Waals surface area contributed by atoms with Gasteiger partial charge < -0.3 is 4.74 Å². The van der Waals surface area contributed by atoms with Crippen LogP contribution >= 0.6 is 0 Å². The maximum Gasteiger partial charge on any atom is 0.329 e. The van der Waals surface area contributed by atoms with Crippen LogP contribution in [0.3, 0.4) is 0 Å². The van der Waals surface area contributed by atoms with E-state index in [1.165, 1.54) is 0 Å². The summed E-state index contributed by atoms with van der Waals surface area (Å²) in [6, 6.07) is 5.56. The van der Waals surface area contributed by atoms with Gasteiger partial charge in [-0.15, -0.1) is 0 Å². The van der Waals surface area contributed by atoms with E-state index < -0.39 is 21.8 Å². The van der Waals surface area contributed by atoms with E-state index in [2.05, 4.69) is 0 Å². The van der Waals surface area contributed by atoms with Crippen LogP contribution in [0.1, 0.15) is 50.7 Å². The fraction of sp³-hybridized carbons (Fsp3) is 0.500. The average Bonchev–Trinajstić information content (AvgIpc) is 2.25. The molecular weight excluding hydrogens is 280 g/mol. The lowest BCUT2D eigenvalue weighted by Gasteiger charge is -2.18. The molecule has 0 unspecified atom stereocenters. The van der Waals surface area contributed by atoms with Crippen LogP contribution in [0.4, 0.5) is 0 Å². The maximum atomic E-state index is 11.6. The lowest BCUT2D eigenvalue weighted by Crippen LogP contribution is -2.21. The predicted octanol–water partition coefficient (Wildman–Crippen LogP) is 2.73. The Balaban J connectivity index is 3.17. The lowest BCUT2D eigenvalue weighted by molar-refractivity contribution is -0.131. The van der Waals surface area contributed by atoms with E-state index in [0.29, 0.717) is 5.75 Å². The number of carbonyl (C=O) groups excluding carboxylic acids is 1. The van der Waals surface area contributed by atoms with Crippen LogP contribution in [0.15, 0.2) is 18.2 Å². The molecule has 0 atom stereocenters. The Bertz CT molecular complexity index is 561. The third-order valence-corrected chi connectivity index (χ3v) is 3.44. The smallest absolute Gasteiger partial charge is 0.329 e. The third-order valence-electron chi connectivity index (χ3n) is 2.84. The fourth-order valence-corrected chi connectivity index (χ4v) is 2.25. The average molecular weight is 300 g/mol. The molecule has 1 aromatic rings. The van der Waals surface area contributed by atoms with Gasteiger partial charge in [-0.1, -0.05) is 45.9 Å². The zero-order valence-electron chi connectivity index (χ0n) is 12.1. The van der Waals surface area contributed by atoms with Crippen molar-refractivity contribution in [1.82, 2.24) is 0 Å². The molecule has 0 aliphatic carbocycles. The van der Waals surface area contributed by atoms with Crippen LogP contribution in [-0.4, -0.2) is 24.7 Å². The summed E-state index contributed by atoms with van der Waals surface area (Å²) in [4.78, 5) is 11.6. The second-order valence-electron chi connectivity index (χ2n) is 5.28. The maximum absolute atomic E-state index is 11.6. The van der Waals surface area contributed by atoms with E-state index >= 15 is 0 Å². The Morgan fingerprint density at radius 1 is 1.15 bits per heavy atom. The highest BCUT2D eigenvalue weighted by atomic mass is 32.2. The predicted molar refractivity (Wildman–Crippen MR) is 76.7 cm³/mol. The van der Waals surface area contributed by atoms with Crippen LogP contribution < -0.4 is 4.74 Å². The number of para-hydroxylation sites is 1. The van der Waals surface area contributed by atoms with E-state index in [9.17, 15) is 13.2 Å². The first-order valence-electron chi connectivity index (χ1n) is 6.40. The zero-order chi connectivity index (χ0) is 15.5. The van der Waals surface area contributed by atoms with Gasteiger partial charge in [-0.3, -0.25) is 9.35 Å². The van der Waals surface area contributed by atoms with Gasteiger partial charge in [-0.05, 0) is 23.0 Å². The lowest BCUT2D eigenvalue weighted by atomic mass is 9.94. The van der Waals surface area contributed by atoms with E-state index in [0.717, 1.165) is 11.1 Å². The highest BCUT2D eigenvalue weighted by molar-refractivity contribution is 7.86. The number of carbonyl (C=O) groups is 1. The van der Waals surface area contributed by atoms with Gasteiger partial charge in [-0.2, -0.15) is 8.42 Å². The molecule has 1 aromatic carbocycles. The monoisotopic (exact) mass is 300 g/mol. The Labute approximate surface area is 119 Å². The Kier molecular flexibility index (Phi) is 5.30. The molecule has 20 heavy (non-hydrogen) atoms. The number of ether oxygens (including phenoxy) is 1. The topological polar surface area (TPSA) is 80.7 Å². The quantitative estimate of drug-likeness (QED) is 0.514. The molecule has 0 aliphatic heterocycles. The summed E-state index contributed by atoms with van der Waals surface area (Å²) in [7, 11) is -4.38. The molecule has 1 N–H and O–H groups in total. The van der Waals surface area contributed by atoms with Crippen molar-refractivity contribution in [3.8, 4) is 5.75 Å². The molecule has 0 radical (unpaired) electrons. The van der Waals surface area contributed by atoms with Crippen molar-refractivity contribution in [2.45, 2.75) is 39.5 Å². The molecule has 0 spiro atoms. The molecule has 0 fully saturated rings. The minimum absolute atomic E-state index is 0.127. The van der Waals surface area contributed by atoms with Crippen molar-refractivity contribution in [2.24, 2.45) is 0 Å². The van der Waals surface area contributed by atoms with Gasteiger partial charge in [0.1, 0.15) is 5.75 Å². The number of hydrogen-bond acceptors (Lipinski definition) is 4. The number of esters is 1. The minimum Gasteiger partial charge on any atom is -0.425 e. The SMILES string of the molecule is CC(C)c1cccc(C(C)C)c1OC(=O)CS(=O)(=O)O. The summed E-state index contributed by atoms with van der Waals surface area (Å²) in [5.74, 6) is -1.38. The van der Waals surface area contributed by atoms with Crippen LogP contribution in [0, 0.1) is 0 Å². The second-order valence-corrected chi connectivity index (χ2v) is 6.73. The summed E-state index contributed by atoms with van der Waals surface area (Å²) in [6.45, 7) is 7.83. The molecule has 0 heterocycles. The van der Waals surface area contributed by atoms with Crippen LogP contribution in [0.2, 0.25) is 0 Å². The summed E-state index contributed by atoms with van der Waals surface area (Å²) in [5.41, 5.74) is 1.67. The third kappa shape index (κ3) is 4.61. The molecule has 0 aliphatic rings. The summed E-state index contributed by atoms with van der Waals surface area (Å²) >= 11 is 0. The normalized spacial score (nSPS) is 11.9. The highest BCUT2D eigenvalue weighted by Gasteiger charge is 2.21. The van der Waals surface area contributed by atoms with Crippen molar-refractivity contribution in [1.29, 1.82) is 0 Å². The van der Waals surface area contributed by atoms with Gasteiger partial charge in [-0.25, -0.2) is 0 Å². The molecule has 112 valence electrons. The molecule has 0 bridgehead atoms. The standard InChI is InChI=1S/C14H20O5S/c1-9(2)11-6-5-7-12(10(3)4)14(11)19-13(15)8-20(16,17)18/h5-7,9-10H,8H2,1-4H3,(H,16,17,18). The number of hydrogen-bond donors (Lipinski definition) is 1. The van der Waals surface area contributed by atoms with Gasteiger partial charge >= 0.3 is 5.97 Å². The van der Waals surface area contributed by atoms with Gasteiger partial charge in [0.2, 0.25) is 0 Å². The van der Waals surface area contributed by atoms with E-state index in [1.54, 1.807) is 0 Å². The van der Waals surface area contributed by atoms with Crippen molar-refractivity contribution in [3.05, 3.63) is 29.3 Å². The second kappa shape index (κ2) is 6.37. The van der Waals surface area contributed by atoms with Crippen molar-refractivity contribution < 1.29 is 22.5 Å². The fourth-order valence-electron chi connectivity index (χ4n) is 1.89. The zero-order valence-corrected chi connectivity index (χ0v) is 12.9. The Morgan fingerprint density at radius 3 is 1.95 bits per heavy atom. The molecule has 0 saturated carbocycles. The van der Waals surface area contributed by atoms with Gasteiger partial charge in [0.25, 0.3) is 10.1 Å². The largest absolute Gasteiger partial charge is 0.425 e. The van der Waals surface area contributed by atoms with Crippen LogP contribution in [0.25, 0.3) is 0 Å². The Morgan fingerprint density at radius 2 is 1.60 bits per heavy atom. The van der Waals surface area contributed by atoms with Crippen molar-refractivity contribution in [3.63, 3.8) is 0 Å². The molecular formula is C14H20O5S. The van der Waals surface area contributed by atoms with Gasteiger partial charge in [0.05, 0.1) is 0 Å². The summed E-state index contributed by atoms with van der Waals surface area (Å²) < 4.78 is 35.3. The molecule has 6 heteroatoms. The highest BCUT2D eigenvalue weighted by Crippen LogP contribution is 2.34. The van der Waals surface area contributed by atoms with Gasteiger partial charge in [0.15, 0.2) is 5.75 Å².